The van der Waals surface area contributed by atoms with Gasteiger partial charge in [0.1, 0.15) is 0 Å². The lowest BCUT2D eigenvalue weighted by Gasteiger charge is -2.03. The Labute approximate surface area is 74.2 Å². The first kappa shape index (κ1) is 11.1. The molecule has 0 atom stereocenters. The summed E-state index contributed by atoms with van der Waals surface area (Å²) in [7, 11) is 4.01. The molecular weight excluding hydrogens is 150 g/mol. The third-order valence-electron chi connectivity index (χ3n) is 1.14. The highest BCUT2D eigenvalue weighted by Crippen LogP contribution is 1.73. The Morgan fingerprint density at radius 2 is 1.75 bits per heavy atom. The molecule has 0 amide bonds. The molecule has 0 aliphatic rings. The molecule has 1 rings (SSSR count). The number of likely N-dealkylation sites (N-methyl/N-ethyl adjacent to an activating group) is 1. The molecule has 0 bridgehead atoms. The zero-order valence-corrected chi connectivity index (χ0v) is 7.77. The van der Waals surface area contributed by atoms with Crippen molar-refractivity contribution in [2.75, 3.05) is 27.2 Å². The van der Waals surface area contributed by atoms with Crippen LogP contribution in [0.5, 0.6) is 0 Å². The summed E-state index contributed by atoms with van der Waals surface area (Å²) in [5.41, 5.74) is 5.19. The van der Waals surface area contributed by atoms with Crippen LogP contribution in [0.2, 0.25) is 0 Å². The van der Waals surface area contributed by atoms with E-state index < -0.39 is 0 Å². The maximum atomic E-state index is 5.19. The van der Waals surface area contributed by atoms with Crippen LogP contribution in [0.1, 0.15) is 0 Å². The van der Waals surface area contributed by atoms with E-state index in [0.717, 1.165) is 13.1 Å². The van der Waals surface area contributed by atoms with Crippen LogP contribution in [0.25, 0.3) is 0 Å². The summed E-state index contributed by atoms with van der Waals surface area (Å²) in [5.74, 6) is 0. The fourth-order valence-corrected chi connectivity index (χ4v) is 0.571. The summed E-state index contributed by atoms with van der Waals surface area (Å²) in [4.78, 5) is 5.84. The SMILES string of the molecule is CN(C)CCN.c1ccncc1. The first-order chi connectivity index (χ1) is 5.77. The van der Waals surface area contributed by atoms with E-state index in [-0.39, 0.29) is 0 Å². The molecule has 3 nitrogen and oxygen atoms in total. The van der Waals surface area contributed by atoms with Crippen LogP contribution in [-0.2, 0) is 0 Å². The van der Waals surface area contributed by atoms with Crippen molar-refractivity contribution >= 4 is 0 Å². The minimum Gasteiger partial charge on any atom is -0.329 e. The number of nitrogens with two attached hydrogens (primary N) is 1. The zero-order chi connectivity index (χ0) is 9.23. The van der Waals surface area contributed by atoms with Crippen LogP contribution in [0, 0.1) is 0 Å². The average Bonchev–Trinajstić information content (AvgIpc) is 2.08. The van der Waals surface area contributed by atoms with Gasteiger partial charge in [0.25, 0.3) is 0 Å². The van der Waals surface area contributed by atoms with Crippen LogP contribution in [0.3, 0.4) is 0 Å². The minimum absolute atomic E-state index is 0.757. The molecule has 0 saturated carbocycles. The molecule has 3 heteroatoms. The van der Waals surface area contributed by atoms with Crippen molar-refractivity contribution in [3.8, 4) is 0 Å². The van der Waals surface area contributed by atoms with Crippen LogP contribution >= 0.6 is 0 Å². The highest BCUT2D eigenvalue weighted by Gasteiger charge is 1.79. The molecule has 1 heterocycles. The third kappa shape index (κ3) is 9.07. The van der Waals surface area contributed by atoms with Crippen molar-refractivity contribution in [3.05, 3.63) is 30.6 Å². The molecule has 0 radical (unpaired) electrons. The maximum absolute atomic E-state index is 5.19. The summed E-state index contributed by atoms with van der Waals surface area (Å²) in [6.07, 6.45) is 3.50. The van der Waals surface area contributed by atoms with Gasteiger partial charge >= 0.3 is 0 Å². The van der Waals surface area contributed by atoms with Crippen molar-refractivity contribution in [2.24, 2.45) is 5.73 Å². The van der Waals surface area contributed by atoms with Crippen LogP contribution in [0.4, 0.5) is 0 Å². The van der Waals surface area contributed by atoms with E-state index in [2.05, 4.69) is 9.88 Å². The van der Waals surface area contributed by atoms with E-state index >= 15 is 0 Å². The molecule has 0 aliphatic heterocycles. The second-order valence-corrected chi connectivity index (χ2v) is 2.62. The quantitative estimate of drug-likeness (QED) is 0.701. The molecule has 1 aromatic rings. The van der Waals surface area contributed by atoms with E-state index in [1.54, 1.807) is 12.4 Å². The smallest absolute Gasteiger partial charge is 0.0267 e. The van der Waals surface area contributed by atoms with Gasteiger partial charge in [-0.1, -0.05) is 6.07 Å². The molecule has 0 unspecified atom stereocenters. The first-order valence-corrected chi connectivity index (χ1v) is 3.97. The van der Waals surface area contributed by atoms with Gasteiger partial charge in [0.2, 0.25) is 0 Å². The number of rotatable bonds is 2. The van der Waals surface area contributed by atoms with Gasteiger partial charge in [-0.2, -0.15) is 0 Å². The fourth-order valence-electron chi connectivity index (χ4n) is 0.571. The molecule has 2 N–H and O–H groups in total. The zero-order valence-electron chi connectivity index (χ0n) is 7.77. The molecule has 0 spiro atoms. The molecule has 68 valence electrons. The minimum atomic E-state index is 0.757. The number of aromatic nitrogens is 1. The molecular formula is C9H17N3. The topological polar surface area (TPSA) is 42.1 Å². The standard InChI is InChI=1S/C5H5N.C4H12N2/c1-2-4-6-5-3-1;1-6(2)4-3-5/h1-5H;3-5H2,1-2H3. The predicted octanol–water partition coefficient (Wildman–Crippen LogP) is 0.588. The Morgan fingerprint density at radius 1 is 1.17 bits per heavy atom. The van der Waals surface area contributed by atoms with Crippen molar-refractivity contribution in [2.45, 2.75) is 0 Å². The molecule has 0 fully saturated rings. The number of hydrogen-bond donors (Lipinski definition) is 1. The summed E-state index contributed by atoms with van der Waals surface area (Å²) >= 11 is 0. The third-order valence-corrected chi connectivity index (χ3v) is 1.14. The van der Waals surface area contributed by atoms with Crippen LogP contribution in [0.15, 0.2) is 30.6 Å². The van der Waals surface area contributed by atoms with E-state index in [9.17, 15) is 0 Å². The second kappa shape index (κ2) is 8.17. The maximum Gasteiger partial charge on any atom is 0.0267 e. The molecule has 0 aromatic carbocycles. The average molecular weight is 167 g/mol. The number of pyridine rings is 1. The van der Waals surface area contributed by atoms with E-state index in [1.807, 2.05) is 32.3 Å². The molecule has 0 aliphatic carbocycles. The van der Waals surface area contributed by atoms with E-state index in [0.29, 0.717) is 0 Å². The van der Waals surface area contributed by atoms with Gasteiger partial charge in [0.05, 0.1) is 0 Å². The van der Waals surface area contributed by atoms with Crippen LogP contribution < -0.4 is 5.73 Å². The van der Waals surface area contributed by atoms with Gasteiger partial charge < -0.3 is 10.6 Å². The lowest BCUT2D eigenvalue weighted by atomic mass is 10.5. The highest BCUT2D eigenvalue weighted by molar-refractivity contribution is 4.88. The second-order valence-electron chi connectivity index (χ2n) is 2.62. The normalized spacial score (nSPS) is 9.00. The Hall–Kier alpha value is -0.930. The first-order valence-electron chi connectivity index (χ1n) is 3.97. The predicted molar refractivity (Wildman–Crippen MR) is 51.8 cm³/mol. The Balaban J connectivity index is 0.000000202. The van der Waals surface area contributed by atoms with Crippen molar-refractivity contribution in [1.29, 1.82) is 0 Å². The van der Waals surface area contributed by atoms with Gasteiger partial charge in [-0.3, -0.25) is 4.98 Å². The lowest BCUT2D eigenvalue weighted by Crippen LogP contribution is -2.20. The lowest BCUT2D eigenvalue weighted by molar-refractivity contribution is 0.420. The van der Waals surface area contributed by atoms with Gasteiger partial charge in [0.15, 0.2) is 0 Å². The van der Waals surface area contributed by atoms with Crippen molar-refractivity contribution in [3.63, 3.8) is 0 Å². The number of hydrogen-bond acceptors (Lipinski definition) is 3. The number of nitrogens with zero attached hydrogens (tertiary/aromatic N) is 2. The molecule has 1 aromatic heterocycles. The van der Waals surface area contributed by atoms with Gasteiger partial charge in [-0.05, 0) is 26.2 Å². The van der Waals surface area contributed by atoms with Gasteiger partial charge in [0, 0.05) is 25.5 Å². The van der Waals surface area contributed by atoms with E-state index in [4.69, 9.17) is 5.73 Å². The largest absolute Gasteiger partial charge is 0.329 e. The van der Waals surface area contributed by atoms with Gasteiger partial charge in [-0.25, -0.2) is 0 Å². The molecule has 0 saturated heterocycles. The van der Waals surface area contributed by atoms with Crippen molar-refractivity contribution < 1.29 is 0 Å². The fraction of sp³-hybridized carbons (Fsp3) is 0.444. The van der Waals surface area contributed by atoms with Gasteiger partial charge in [-0.15, -0.1) is 0 Å². The Morgan fingerprint density at radius 3 is 1.83 bits per heavy atom. The highest BCUT2D eigenvalue weighted by atomic mass is 15.1. The summed E-state index contributed by atoms with van der Waals surface area (Å²) < 4.78 is 0. The van der Waals surface area contributed by atoms with E-state index in [1.165, 1.54) is 0 Å². The Bertz CT molecular complexity index is 136. The Kier molecular flexibility index (Phi) is 7.54. The summed E-state index contributed by atoms with van der Waals surface area (Å²) in [6.45, 7) is 1.74. The van der Waals surface area contributed by atoms with Crippen molar-refractivity contribution in [1.82, 2.24) is 9.88 Å². The summed E-state index contributed by atoms with van der Waals surface area (Å²) in [5, 5.41) is 0. The molecule has 12 heavy (non-hydrogen) atoms. The summed E-state index contributed by atoms with van der Waals surface area (Å²) in [6, 6.07) is 5.72. The van der Waals surface area contributed by atoms with Crippen LogP contribution in [-0.4, -0.2) is 37.1 Å². The monoisotopic (exact) mass is 167 g/mol.